The predicted molar refractivity (Wildman–Crippen MR) is 62.0 cm³/mol. The SMILES string of the molecule is Cc1c(OCC(N)=O)ccc(S(N)(=O)=O)c1C. The van der Waals surface area contributed by atoms with Gasteiger partial charge in [-0.25, -0.2) is 13.6 Å². The number of sulfonamides is 1. The van der Waals surface area contributed by atoms with Crippen LogP contribution in [0.1, 0.15) is 11.1 Å². The minimum absolute atomic E-state index is 0.0430. The van der Waals surface area contributed by atoms with Crippen LogP contribution in [0.3, 0.4) is 0 Å². The lowest BCUT2D eigenvalue weighted by atomic mass is 10.1. The molecule has 0 aromatic heterocycles. The third kappa shape index (κ3) is 3.18. The van der Waals surface area contributed by atoms with Crippen LogP contribution in [0, 0.1) is 13.8 Å². The Morgan fingerprint density at radius 3 is 2.35 bits per heavy atom. The maximum absolute atomic E-state index is 11.2. The largest absolute Gasteiger partial charge is 0.484 e. The summed E-state index contributed by atoms with van der Waals surface area (Å²) in [4.78, 5) is 10.6. The number of nitrogens with two attached hydrogens (primary N) is 2. The van der Waals surface area contributed by atoms with Gasteiger partial charge in [-0.2, -0.15) is 0 Å². The number of carbonyl (C=O) groups excluding carboxylic acids is 1. The van der Waals surface area contributed by atoms with Crippen LogP contribution in [0.2, 0.25) is 0 Å². The topological polar surface area (TPSA) is 112 Å². The van der Waals surface area contributed by atoms with E-state index in [0.29, 0.717) is 16.9 Å². The first kappa shape index (κ1) is 13.5. The molecule has 94 valence electrons. The summed E-state index contributed by atoms with van der Waals surface area (Å²) in [6, 6.07) is 2.79. The molecule has 0 spiro atoms. The molecule has 1 rings (SSSR count). The molecule has 1 amide bonds. The average Bonchev–Trinajstić information content (AvgIpc) is 2.18. The van der Waals surface area contributed by atoms with Crippen molar-refractivity contribution in [3.8, 4) is 5.75 Å². The lowest BCUT2D eigenvalue weighted by Crippen LogP contribution is -2.20. The molecule has 0 saturated heterocycles. The lowest BCUT2D eigenvalue weighted by molar-refractivity contribution is -0.119. The van der Waals surface area contributed by atoms with Gasteiger partial charge in [-0.3, -0.25) is 4.79 Å². The van der Waals surface area contributed by atoms with Crippen molar-refractivity contribution in [2.75, 3.05) is 6.61 Å². The quantitative estimate of drug-likeness (QED) is 0.779. The summed E-state index contributed by atoms with van der Waals surface area (Å²) < 4.78 is 27.6. The van der Waals surface area contributed by atoms with E-state index in [4.69, 9.17) is 15.6 Å². The number of rotatable bonds is 4. The van der Waals surface area contributed by atoms with Gasteiger partial charge in [-0.1, -0.05) is 0 Å². The van der Waals surface area contributed by atoms with Crippen molar-refractivity contribution in [1.82, 2.24) is 0 Å². The first-order chi connectivity index (χ1) is 7.73. The van der Waals surface area contributed by atoms with E-state index in [1.54, 1.807) is 13.8 Å². The van der Waals surface area contributed by atoms with Gasteiger partial charge in [-0.15, -0.1) is 0 Å². The second-order valence-corrected chi connectivity index (χ2v) is 5.14. The molecular weight excluding hydrogens is 244 g/mol. The van der Waals surface area contributed by atoms with E-state index in [9.17, 15) is 13.2 Å². The van der Waals surface area contributed by atoms with Gasteiger partial charge in [0.1, 0.15) is 5.75 Å². The van der Waals surface area contributed by atoms with Crippen LogP contribution in [0.4, 0.5) is 0 Å². The molecule has 0 aliphatic rings. The molecule has 6 nitrogen and oxygen atoms in total. The summed E-state index contributed by atoms with van der Waals surface area (Å²) in [6.07, 6.45) is 0. The number of amides is 1. The second kappa shape index (κ2) is 4.72. The van der Waals surface area contributed by atoms with Crippen molar-refractivity contribution in [1.29, 1.82) is 0 Å². The van der Waals surface area contributed by atoms with Crippen LogP contribution in [-0.4, -0.2) is 20.9 Å². The fourth-order valence-corrected chi connectivity index (χ4v) is 2.22. The van der Waals surface area contributed by atoms with Crippen LogP contribution in [0.5, 0.6) is 5.75 Å². The lowest BCUT2D eigenvalue weighted by Gasteiger charge is -2.12. The molecule has 0 unspecified atom stereocenters. The molecular formula is C10H14N2O4S. The Kier molecular flexibility index (Phi) is 3.74. The van der Waals surface area contributed by atoms with E-state index in [1.807, 2.05) is 0 Å². The molecule has 0 atom stereocenters. The van der Waals surface area contributed by atoms with Crippen molar-refractivity contribution in [2.24, 2.45) is 10.9 Å². The van der Waals surface area contributed by atoms with Gasteiger partial charge in [0.2, 0.25) is 10.0 Å². The Morgan fingerprint density at radius 1 is 1.29 bits per heavy atom. The zero-order valence-corrected chi connectivity index (χ0v) is 10.4. The minimum Gasteiger partial charge on any atom is -0.484 e. The van der Waals surface area contributed by atoms with E-state index >= 15 is 0 Å². The molecule has 0 saturated carbocycles. The number of hydrogen-bond donors (Lipinski definition) is 2. The monoisotopic (exact) mass is 258 g/mol. The third-order valence-corrected chi connectivity index (χ3v) is 3.42. The molecule has 0 heterocycles. The highest BCUT2D eigenvalue weighted by Crippen LogP contribution is 2.26. The zero-order valence-electron chi connectivity index (χ0n) is 9.56. The summed E-state index contributed by atoms with van der Waals surface area (Å²) in [7, 11) is -3.75. The summed E-state index contributed by atoms with van der Waals surface area (Å²) in [5.41, 5.74) is 6.05. The van der Waals surface area contributed by atoms with Crippen LogP contribution in [0.25, 0.3) is 0 Å². The normalized spacial score (nSPS) is 11.2. The van der Waals surface area contributed by atoms with Gasteiger partial charge in [0.15, 0.2) is 6.61 Å². The molecule has 17 heavy (non-hydrogen) atoms. The van der Waals surface area contributed by atoms with Crippen molar-refractivity contribution in [2.45, 2.75) is 18.7 Å². The molecule has 1 aromatic rings. The second-order valence-electron chi connectivity index (χ2n) is 3.61. The van der Waals surface area contributed by atoms with Gasteiger partial charge >= 0.3 is 0 Å². The van der Waals surface area contributed by atoms with Crippen molar-refractivity contribution >= 4 is 15.9 Å². The van der Waals surface area contributed by atoms with Gasteiger partial charge in [-0.05, 0) is 37.1 Å². The summed E-state index contributed by atoms with van der Waals surface area (Å²) >= 11 is 0. The van der Waals surface area contributed by atoms with Gasteiger partial charge in [0.25, 0.3) is 5.91 Å². The number of primary amides is 1. The first-order valence-corrected chi connectivity index (χ1v) is 6.32. The van der Waals surface area contributed by atoms with E-state index < -0.39 is 15.9 Å². The van der Waals surface area contributed by atoms with Gasteiger partial charge in [0, 0.05) is 0 Å². The summed E-state index contributed by atoms with van der Waals surface area (Å²) in [5, 5.41) is 5.06. The molecule has 0 aliphatic heterocycles. The van der Waals surface area contributed by atoms with Crippen LogP contribution < -0.4 is 15.6 Å². The van der Waals surface area contributed by atoms with E-state index in [2.05, 4.69) is 0 Å². The molecule has 0 aliphatic carbocycles. The highest BCUT2D eigenvalue weighted by Gasteiger charge is 2.15. The van der Waals surface area contributed by atoms with Gasteiger partial charge < -0.3 is 10.5 Å². The maximum atomic E-state index is 11.2. The zero-order chi connectivity index (χ0) is 13.2. The predicted octanol–water partition coefficient (Wildman–Crippen LogP) is -0.185. The molecule has 0 bridgehead atoms. The Morgan fingerprint density at radius 2 is 1.88 bits per heavy atom. The van der Waals surface area contributed by atoms with Gasteiger partial charge in [0.05, 0.1) is 4.90 Å². The van der Waals surface area contributed by atoms with Crippen molar-refractivity contribution in [3.63, 3.8) is 0 Å². The molecule has 7 heteroatoms. The Balaban J connectivity index is 3.16. The fraction of sp³-hybridized carbons (Fsp3) is 0.300. The number of ether oxygens (including phenoxy) is 1. The van der Waals surface area contributed by atoms with Crippen LogP contribution in [-0.2, 0) is 14.8 Å². The number of carbonyl (C=O) groups is 1. The van der Waals surface area contributed by atoms with E-state index in [0.717, 1.165) is 0 Å². The summed E-state index contributed by atoms with van der Waals surface area (Å²) in [6.45, 7) is 3.04. The minimum atomic E-state index is -3.75. The molecule has 4 N–H and O–H groups in total. The average molecular weight is 258 g/mol. The summed E-state index contributed by atoms with van der Waals surface area (Å²) in [5.74, 6) is -0.189. The molecule has 0 fully saturated rings. The number of primary sulfonamides is 1. The Hall–Kier alpha value is -1.60. The standard InChI is InChI=1S/C10H14N2O4S/c1-6-7(2)9(17(12,14)15)4-3-8(6)16-5-10(11)13/h3-4H,5H2,1-2H3,(H2,11,13)(H2,12,14,15). The number of benzene rings is 1. The molecule has 1 aromatic carbocycles. The third-order valence-electron chi connectivity index (χ3n) is 2.36. The van der Waals surface area contributed by atoms with E-state index in [-0.39, 0.29) is 11.5 Å². The first-order valence-electron chi connectivity index (χ1n) is 4.77. The Bertz CT molecular complexity index is 552. The highest BCUT2D eigenvalue weighted by molar-refractivity contribution is 7.89. The maximum Gasteiger partial charge on any atom is 0.255 e. The molecule has 0 radical (unpaired) electrons. The van der Waals surface area contributed by atoms with Crippen molar-refractivity contribution < 1.29 is 17.9 Å². The smallest absolute Gasteiger partial charge is 0.255 e. The van der Waals surface area contributed by atoms with Crippen LogP contribution in [0.15, 0.2) is 17.0 Å². The highest BCUT2D eigenvalue weighted by atomic mass is 32.2. The fourth-order valence-electron chi connectivity index (χ4n) is 1.38. The van der Waals surface area contributed by atoms with E-state index in [1.165, 1.54) is 12.1 Å². The van der Waals surface area contributed by atoms with Crippen LogP contribution >= 0.6 is 0 Å². The number of hydrogen-bond acceptors (Lipinski definition) is 4. The Labute approximate surface area is 99.6 Å². The van der Waals surface area contributed by atoms with Crippen molar-refractivity contribution in [3.05, 3.63) is 23.3 Å².